The van der Waals surface area contributed by atoms with E-state index in [1.165, 1.54) is 0 Å². The molecule has 2 bridgehead atoms. The molecule has 0 aromatic heterocycles. The summed E-state index contributed by atoms with van der Waals surface area (Å²) in [6.07, 6.45) is -3.87. The number of aliphatic hydroxyl groups excluding tert-OH is 1. The average molecular weight is 824 g/mol. The fourth-order valence-corrected chi connectivity index (χ4v) is 10.7. The van der Waals surface area contributed by atoms with E-state index < -0.39 is 89.8 Å². The maximum atomic E-state index is 14.6. The first-order valence-corrected chi connectivity index (χ1v) is 21.2. The second-order valence-corrected chi connectivity index (χ2v) is 18.4. The van der Waals surface area contributed by atoms with E-state index in [4.69, 9.17) is 47.6 Å². The molecular formula is C43H73N3O12. The van der Waals surface area contributed by atoms with Gasteiger partial charge in [-0.2, -0.15) is 0 Å². The van der Waals surface area contributed by atoms with Crippen LogP contribution in [0.3, 0.4) is 0 Å². The van der Waals surface area contributed by atoms with Gasteiger partial charge in [0.1, 0.15) is 18.3 Å². The molecule has 0 aliphatic carbocycles. The minimum absolute atomic E-state index is 0.179. The molecule has 0 aromatic rings. The third-order valence-electron chi connectivity index (χ3n) is 13.9. The number of fused-ring (bicyclic) bond motifs is 1. The van der Waals surface area contributed by atoms with Gasteiger partial charge >= 0.3 is 12.1 Å². The van der Waals surface area contributed by atoms with Crippen LogP contribution in [-0.4, -0.2) is 165 Å². The molecule has 5 aliphatic heterocycles. The van der Waals surface area contributed by atoms with Gasteiger partial charge < -0.3 is 52.6 Å². The normalized spacial score (nSPS) is 46.8. The summed E-state index contributed by atoms with van der Waals surface area (Å²) >= 11 is 0. The summed E-state index contributed by atoms with van der Waals surface area (Å²) in [4.78, 5) is 37.0. The number of aliphatic hydroxyl groups is 1. The number of ether oxygens (including phenoxy) is 9. The maximum absolute atomic E-state index is 14.6. The molecule has 4 fully saturated rings. The van der Waals surface area contributed by atoms with E-state index in [-0.39, 0.29) is 36.7 Å². The van der Waals surface area contributed by atoms with Crippen LogP contribution in [0.4, 0.5) is 4.79 Å². The van der Waals surface area contributed by atoms with Crippen LogP contribution in [-0.2, 0) is 47.4 Å². The minimum Gasteiger partial charge on any atom is -0.458 e. The molecule has 18 atom stereocenters. The van der Waals surface area contributed by atoms with Crippen LogP contribution in [0.1, 0.15) is 88.5 Å². The Morgan fingerprint density at radius 1 is 0.966 bits per heavy atom. The van der Waals surface area contributed by atoms with Crippen molar-refractivity contribution in [1.82, 2.24) is 9.80 Å². The van der Waals surface area contributed by atoms with Crippen molar-refractivity contribution in [1.29, 1.82) is 0 Å². The topological polar surface area (TPSA) is 156 Å². The number of carbonyl (C=O) groups excluding carboxylic acids is 2. The first-order chi connectivity index (χ1) is 27.2. The second-order valence-electron chi connectivity index (χ2n) is 18.4. The Labute approximate surface area is 346 Å². The van der Waals surface area contributed by atoms with Gasteiger partial charge in [0, 0.05) is 50.8 Å². The van der Waals surface area contributed by atoms with Crippen molar-refractivity contribution in [3.63, 3.8) is 0 Å². The summed E-state index contributed by atoms with van der Waals surface area (Å²) in [5.41, 5.74) is -2.15. The summed E-state index contributed by atoms with van der Waals surface area (Å²) in [6.45, 7) is 24.3. The number of hydrogen-bond donors (Lipinski definition) is 1. The van der Waals surface area contributed by atoms with Crippen LogP contribution in [0.5, 0.6) is 0 Å². The standard InChI is InChI=1S/C43H73N3O12/c1-16-19-52-42(10)21-23(2)32-25(4)35-43(11,58-40(49)46(35)18-17-44-32)29(8)55-38(48)27(6)34(56-31-22-41(9,51-15)37(50-14)28(7)54-31)26(5)36(42)57-39-33(47)30(45(12)13)20-24(3)53-39/h16,23-31,33-37,39,47H,1,17-22H2,2-15H3/t23-,24+,25+,26+,27-,28+,29-,30-,31+,33?,34+,35-,36-,37+,39-,41-,42+,43-/m1/s1. The Morgan fingerprint density at radius 2 is 1.66 bits per heavy atom. The molecule has 4 saturated heterocycles. The van der Waals surface area contributed by atoms with Gasteiger partial charge in [-0.15, -0.1) is 6.58 Å². The van der Waals surface area contributed by atoms with E-state index in [1.54, 1.807) is 39.0 Å². The number of esters is 1. The van der Waals surface area contributed by atoms with Crippen molar-refractivity contribution in [2.75, 3.05) is 48.0 Å². The van der Waals surface area contributed by atoms with Crippen LogP contribution in [0.25, 0.3) is 0 Å². The fraction of sp³-hybridized carbons (Fsp3) is 0.884. The zero-order valence-electron chi connectivity index (χ0n) is 37.5. The van der Waals surface area contributed by atoms with E-state index in [9.17, 15) is 14.7 Å². The summed E-state index contributed by atoms with van der Waals surface area (Å²) in [5.74, 6) is -2.49. The van der Waals surface area contributed by atoms with Gasteiger partial charge in [-0.05, 0) is 81.3 Å². The first kappa shape index (κ1) is 46.8. The molecule has 15 heteroatoms. The van der Waals surface area contributed by atoms with Gasteiger partial charge in [-0.25, -0.2) is 4.79 Å². The minimum atomic E-state index is -1.18. The van der Waals surface area contributed by atoms with Crippen LogP contribution in [0.15, 0.2) is 17.6 Å². The van der Waals surface area contributed by atoms with Crippen molar-refractivity contribution >= 4 is 17.8 Å². The van der Waals surface area contributed by atoms with Gasteiger partial charge in [0.15, 0.2) is 18.2 Å². The highest BCUT2D eigenvalue weighted by Crippen LogP contribution is 2.45. The molecule has 5 rings (SSSR count). The number of cyclic esters (lactones) is 1. The number of rotatable bonds is 10. The molecule has 0 radical (unpaired) electrons. The molecule has 0 saturated carbocycles. The van der Waals surface area contributed by atoms with Gasteiger partial charge in [0.2, 0.25) is 0 Å². The van der Waals surface area contributed by atoms with E-state index in [1.807, 2.05) is 60.5 Å². The Kier molecular flexibility index (Phi) is 14.9. The zero-order valence-corrected chi connectivity index (χ0v) is 37.5. The quantitative estimate of drug-likeness (QED) is 0.241. The number of aliphatic imine (C=N–C) groups is 1. The van der Waals surface area contributed by atoms with Crippen LogP contribution in [0.2, 0.25) is 0 Å². The zero-order chi connectivity index (χ0) is 43.1. The summed E-state index contributed by atoms with van der Waals surface area (Å²) < 4.78 is 58.2. The Bertz CT molecular complexity index is 1480. The lowest BCUT2D eigenvalue weighted by molar-refractivity contribution is -0.321. The van der Waals surface area contributed by atoms with Crippen molar-refractivity contribution in [2.24, 2.45) is 28.7 Å². The van der Waals surface area contributed by atoms with E-state index >= 15 is 0 Å². The van der Waals surface area contributed by atoms with Gasteiger partial charge in [0.05, 0.1) is 60.7 Å². The van der Waals surface area contributed by atoms with Crippen molar-refractivity contribution < 1.29 is 57.3 Å². The molecular weight excluding hydrogens is 750 g/mol. The van der Waals surface area contributed by atoms with Crippen LogP contribution < -0.4 is 0 Å². The van der Waals surface area contributed by atoms with Crippen LogP contribution >= 0.6 is 0 Å². The average Bonchev–Trinajstić information content (AvgIpc) is 3.29. The SMILES string of the molecule is C=CCO[C@@]1(C)C[C@@H](C)C2=NCCN3C(=O)O[C@](C)([C@@H](C)OC(=O)[C@H](C)[C@@H](O[C@H]4C[C@@](C)(OC)[C@@H](OC)[C@H](C)O4)[C@H](C)[C@H]1O[C@H]1O[C@@H](C)C[C@@H](N(C)C)C1O)[C@H]3[C@H]2C. The number of nitrogens with zero attached hydrogens (tertiary/aromatic N) is 3. The Hall–Kier alpha value is -2.21. The van der Waals surface area contributed by atoms with Gasteiger partial charge in [-0.1, -0.05) is 26.8 Å². The van der Waals surface area contributed by atoms with Crippen LogP contribution in [0, 0.1) is 23.7 Å². The molecule has 5 aliphatic rings. The molecule has 332 valence electrons. The molecule has 0 spiro atoms. The molecule has 0 aromatic carbocycles. The van der Waals surface area contributed by atoms with E-state index in [0.717, 1.165) is 5.71 Å². The first-order valence-electron chi connectivity index (χ1n) is 21.2. The number of methoxy groups -OCH3 is 2. The highest BCUT2D eigenvalue weighted by Gasteiger charge is 2.60. The molecule has 15 nitrogen and oxygen atoms in total. The lowest BCUT2D eigenvalue weighted by Gasteiger charge is -2.50. The number of carbonyl (C=O) groups is 2. The highest BCUT2D eigenvalue weighted by molar-refractivity contribution is 5.91. The summed E-state index contributed by atoms with van der Waals surface area (Å²) in [5, 5.41) is 11.8. The molecule has 1 unspecified atom stereocenters. The smallest absolute Gasteiger partial charge is 0.410 e. The molecule has 58 heavy (non-hydrogen) atoms. The van der Waals surface area contributed by atoms with Gasteiger partial charge in [0.25, 0.3) is 0 Å². The van der Waals surface area contributed by atoms with Gasteiger partial charge in [-0.3, -0.25) is 14.7 Å². The van der Waals surface area contributed by atoms with E-state index in [2.05, 4.69) is 20.4 Å². The number of amides is 1. The Balaban J connectivity index is 1.67. The highest BCUT2D eigenvalue weighted by atomic mass is 16.7. The predicted octanol–water partition coefficient (Wildman–Crippen LogP) is 4.61. The fourth-order valence-electron chi connectivity index (χ4n) is 10.7. The number of likely N-dealkylation sites (N-methyl/N-ethyl adjacent to an activating group) is 1. The Morgan fingerprint density at radius 3 is 2.28 bits per heavy atom. The third kappa shape index (κ3) is 9.04. The maximum Gasteiger partial charge on any atom is 0.410 e. The third-order valence-corrected chi connectivity index (χ3v) is 13.9. The number of hydrogen-bond acceptors (Lipinski definition) is 14. The van der Waals surface area contributed by atoms with Crippen molar-refractivity contribution in [3.05, 3.63) is 12.7 Å². The van der Waals surface area contributed by atoms with Crippen molar-refractivity contribution in [2.45, 2.75) is 173 Å². The monoisotopic (exact) mass is 824 g/mol. The van der Waals surface area contributed by atoms with E-state index in [0.29, 0.717) is 32.4 Å². The second kappa shape index (κ2) is 18.4. The molecule has 5 heterocycles. The molecule has 1 amide bonds. The van der Waals surface area contributed by atoms with Crippen molar-refractivity contribution in [3.8, 4) is 0 Å². The lowest BCUT2D eigenvalue weighted by Crippen LogP contribution is -2.61. The summed E-state index contributed by atoms with van der Waals surface area (Å²) in [6, 6.07) is -0.701. The lowest BCUT2D eigenvalue weighted by atomic mass is 9.73. The summed E-state index contributed by atoms with van der Waals surface area (Å²) in [7, 11) is 7.13. The molecule has 1 N–H and O–H groups in total. The predicted molar refractivity (Wildman–Crippen MR) is 216 cm³/mol. The largest absolute Gasteiger partial charge is 0.458 e.